The summed E-state index contributed by atoms with van der Waals surface area (Å²) < 4.78 is 29.0. The van der Waals surface area contributed by atoms with Gasteiger partial charge in [-0.25, -0.2) is 0 Å². The molecule has 1 aromatic carbocycles. The molecule has 1 aliphatic heterocycles. The Kier molecular flexibility index (Phi) is 7.27. The summed E-state index contributed by atoms with van der Waals surface area (Å²) in [5.74, 6) is -0.459. The third kappa shape index (κ3) is 5.08. The van der Waals surface area contributed by atoms with E-state index in [0.717, 1.165) is 25.7 Å². The average Bonchev–Trinajstić information content (AvgIpc) is 2.79. The van der Waals surface area contributed by atoms with Gasteiger partial charge in [0.25, 0.3) is 16.1 Å². The molecule has 1 aromatic rings. The SMILES string of the molecule is C=CC(=O)Nc1ccc(C(=O)N2CCN(S(=O)(=O)N(C)C3CCCCC3)CC2)cc1. The number of nitrogens with one attached hydrogen (secondary N) is 1. The van der Waals surface area contributed by atoms with Crippen LogP contribution in [0.15, 0.2) is 36.9 Å². The maximum Gasteiger partial charge on any atom is 0.282 e. The first-order valence-electron chi connectivity index (χ1n) is 10.4. The summed E-state index contributed by atoms with van der Waals surface area (Å²) in [5, 5.41) is 2.64. The van der Waals surface area contributed by atoms with Gasteiger partial charge in [0, 0.05) is 50.5 Å². The Morgan fingerprint density at radius 1 is 1.07 bits per heavy atom. The highest BCUT2D eigenvalue weighted by atomic mass is 32.2. The lowest BCUT2D eigenvalue weighted by molar-refractivity contribution is -0.111. The average molecular weight is 435 g/mol. The summed E-state index contributed by atoms with van der Waals surface area (Å²) in [6.45, 7) is 4.69. The van der Waals surface area contributed by atoms with Crippen LogP contribution in [0, 0.1) is 0 Å². The van der Waals surface area contributed by atoms with E-state index in [1.165, 1.54) is 21.1 Å². The fourth-order valence-electron chi connectivity index (χ4n) is 4.01. The van der Waals surface area contributed by atoms with Crippen molar-refractivity contribution in [2.75, 3.05) is 38.5 Å². The second kappa shape index (κ2) is 9.72. The van der Waals surface area contributed by atoms with E-state index in [1.54, 1.807) is 36.2 Å². The molecule has 30 heavy (non-hydrogen) atoms. The monoisotopic (exact) mass is 434 g/mol. The van der Waals surface area contributed by atoms with Crippen molar-refractivity contribution in [2.24, 2.45) is 0 Å². The lowest BCUT2D eigenvalue weighted by Gasteiger charge is -2.38. The number of piperazine rings is 1. The summed E-state index contributed by atoms with van der Waals surface area (Å²) in [6.07, 6.45) is 6.33. The Balaban J connectivity index is 1.57. The predicted molar refractivity (Wildman–Crippen MR) is 116 cm³/mol. The van der Waals surface area contributed by atoms with Crippen molar-refractivity contribution in [3.8, 4) is 0 Å². The van der Waals surface area contributed by atoms with E-state index in [-0.39, 0.29) is 17.9 Å². The van der Waals surface area contributed by atoms with Crippen LogP contribution in [-0.2, 0) is 15.0 Å². The van der Waals surface area contributed by atoms with Crippen molar-refractivity contribution in [1.29, 1.82) is 0 Å². The minimum absolute atomic E-state index is 0.0727. The van der Waals surface area contributed by atoms with Gasteiger partial charge >= 0.3 is 0 Å². The number of rotatable bonds is 6. The van der Waals surface area contributed by atoms with Crippen molar-refractivity contribution >= 4 is 27.7 Å². The van der Waals surface area contributed by atoms with Gasteiger partial charge < -0.3 is 10.2 Å². The zero-order valence-corrected chi connectivity index (χ0v) is 18.2. The lowest BCUT2D eigenvalue weighted by Crippen LogP contribution is -2.55. The topological polar surface area (TPSA) is 90.0 Å². The van der Waals surface area contributed by atoms with Gasteiger partial charge in [-0.2, -0.15) is 17.0 Å². The van der Waals surface area contributed by atoms with Crippen LogP contribution in [0.4, 0.5) is 5.69 Å². The number of carbonyl (C=O) groups is 2. The van der Waals surface area contributed by atoms with Gasteiger partial charge in [0.2, 0.25) is 5.91 Å². The van der Waals surface area contributed by atoms with E-state index >= 15 is 0 Å². The molecule has 1 heterocycles. The third-order valence-corrected chi connectivity index (χ3v) is 7.93. The summed E-state index contributed by atoms with van der Waals surface area (Å²) in [7, 11) is -1.84. The van der Waals surface area contributed by atoms with Crippen molar-refractivity contribution < 1.29 is 18.0 Å². The summed E-state index contributed by atoms with van der Waals surface area (Å²) in [4.78, 5) is 25.8. The fourth-order valence-corrected chi connectivity index (χ4v) is 5.59. The molecule has 0 unspecified atom stereocenters. The summed E-state index contributed by atoms with van der Waals surface area (Å²) in [5.41, 5.74) is 1.08. The van der Waals surface area contributed by atoms with Crippen LogP contribution in [0.1, 0.15) is 42.5 Å². The van der Waals surface area contributed by atoms with E-state index in [0.29, 0.717) is 37.4 Å². The molecule has 2 fully saturated rings. The molecule has 2 aliphatic rings. The highest BCUT2D eigenvalue weighted by molar-refractivity contribution is 7.86. The third-order valence-electron chi connectivity index (χ3n) is 5.89. The first-order valence-corrected chi connectivity index (χ1v) is 11.8. The van der Waals surface area contributed by atoms with Crippen molar-refractivity contribution in [3.05, 3.63) is 42.5 Å². The zero-order valence-electron chi connectivity index (χ0n) is 17.4. The maximum absolute atomic E-state index is 13.0. The van der Waals surface area contributed by atoms with Crippen LogP contribution in [-0.4, -0.2) is 73.0 Å². The van der Waals surface area contributed by atoms with E-state index in [2.05, 4.69) is 11.9 Å². The molecule has 1 N–H and O–H groups in total. The number of anilines is 1. The standard InChI is InChI=1S/C21H30N4O4S/c1-3-20(26)22-18-11-9-17(10-12-18)21(27)24-13-15-25(16-14-24)30(28,29)23(2)19-7-5-4-6-8-19/h3,9-12,19H,1,4-8,13-16H2,2H3,(H,22,26). The Hall–Kier alpha value is -2.23. The predicted octanol–water partition coefficient (Wildman–Crippen LogP) is 2.08. The van der Waals surface area contributed by atoms with Crippen LogP contribution < -0.4 is 5.32 Å². The van der Waals surface area contributed by atoms with Gasteiger partial charge in [-0.05, 0) is 43.2 Å². The van der Waals surface area contributed by atoms with Crippen LogP contribution in [0.25, 0.3) is 0 Å². The number of carbonyl (C=O) groups excluding carboxylic acids is 2. The maximum atomic E-state index is 13.0. The van der Waals surface area contributed by atoms with Crippen molar-refractivity contribution in [2.45, 2.75) is 38.1 Å². The Bertz CT molecular complexity index is 871. The van der Waals surface area contributed by atoms with Gasteiger partial charge in [-0.3, -0.25) is 9.59 Å². The Morgan fingerprint density at radius 3 is 2.23 bits per heavy atom. The fraction of sp³-hybridized carbons (Fsp3) is 0.524. The van der Waals surface area contributed by atoms with Gasteiger partial charge in [-0.1, -0.05) is 25.8 Å². The molecule has 2 amide bonds. The number of amides is 2. The number of hydrogen-bond donors (Lipinski definition) is 1. The quantitative estimate of drug-likeness (QED) is 0.694. The minimum Gasteiger partial charge on any atom is -0.336 e. The second-order valence-electron chi connectivity index (χ2n) is 7.78. The summed E-state index contributed by atoms with van der Waals surface area (Å²) in [6, 6.07) is 6.70. The van der Waals surface area contributed by atoms with E-state index in [1.807, 2.05) is 0 Å². The first kappa shape index (κ1) is 22.5. The molecular weight excluding hydrogens is 404 g/mol. The van der Waals surface area contributed by atoms with E-state index in [4.69, 9.17) is 0 Å². The largest absolute Gasteiger partial charge is 0.336 e. The van der Waals surface area contributed by atoms with Crippen molar-refractivity contribution in [3.63, 3.8) is 0 Å². The molecule has 1 aliphatic carbocycles. The highest BCUT2D eigenvalue weighted by Gasteiger charge is 2.35. The number of nitrogens with zero attached hydrogens (tertiary/aromatic N) is 3. The van der Waals surface area contributed by atoms with Crippen LogP contribution >= 0.6 is 0 Å². The molecule has 9 heteroatoms. The Morgan fingerprint density at radius 2 is 1.67 bits per heavy atom. The van der Waals surface area contributed by atoms with Gasteiger partial charge in [0.05, 0.1) is 0 Å². The van der Waals surface area contributed by atoms with Crippen LogP contribution in [0.3, 0.4) is 0 Å². The molecule has 1 saturated carbocycles. The molecule has 3 rings (SSSR count). The van der Waals surface area contributed by atoms with Gasteiger partial charge in [-0.15, -0.1) is 0 Å². The summed E-state index contributed by atoms with van der Waals surface area (Å²) >= 11 is 0. The molecule has 0 aromatic heterocycles. The molecule has 1 saturated heterocycles. The van der Waals surface area contributed by atoms with Crippen LogP contribution in [0.2, 0.25) is 0 Å². The molecule has 0 atom stereocenters. The lowest BCUT2D eigenvalue weighted by atomic mass is 9.96. The molecule has 8 nitrogen and oxygen atoms in total. The highest BCUT2D eigenvalue weighted by Crippen LogP contribution is 2.25. The minimum atomic E-state index is -3.51. The van der Waals surface area contributed by atoms with E-state index < -0.39 is 10.2 Å². The zero-order chi connectivity index (χ0) is 21.7. The first-order chi connectivity index (χ1) is 14.3. The second-order valence-corrected chi connectivity index (χ2v) is 9.77. The number of benzene rings is 1. The van der Waals surface area contributed by atoms with Gasteiger partial charge in [0.15, 0.2) is 0 Å². The normalized spacial score (nSPS) is 18.9. The smallest absolute Gasteiger partial charge is 0.282 e. The number of hydrogen-bond acceptors (Lipinski definition) is 4. The van der Waals surface area contributed by atoms with Crippen LogP contribution in [0.5, 0.6) is 0 Å². The van der Waals surface area contributed by atoms with Gasteiger partial charge in [0.1, 0.15) is 0 Å². The molecule has 0 bridgehead atoms. The Labute approximate surface area is 178 Å². The molecular formula is C21H30N4O4S. The molecule has 0 spiro atoms. The van der Waals surface area contributed by atoms with Crippen molar-refractivity contribution in [1.82, 2.24) is 13.5 Å². The molecule has 0 radical (unpaired) electrons. The van der Waals surface area contributed by atoms with E-state index in [9.17, 15) is 18.0 Å². The molecule has 164 valence electrons.